The molecule has 0 aromatic heterocycles. The summed E-state index contributed by atoms with van der Waals surface area (Å²) >= 11 is 0. The first-order valence-electron chi connectivity index (χ1n) is 6.99. The minimum Gasteiger partial charge on any atom is -0.403 e. The van der Waals surface area contributed by atoms with E-state index < -0.39 is 7.82 Å². The molecular formula is C16H23O4P. The highest BCUT2D eigenvalue weighted by Crippen LogP contribution is 2.36. The predicted molar refractivity (Wildman–Crippen MR) is 87.5 cm³/mol. The number of hydrogen-bond acceptors (Lipinski definition) is 2. The summed E-state index contributed by atoms with van der Waals surface area (Å²) in [5.74, 6) is 0.278. The highest BCUT2D eigenvalue weighted by Gasteiger charge is 2.20. The Kier molecular flexibility index (Phi) is 5.97. The van der Waals surface area contributed by atoms with Gasteiger partial charge in [-0.15, -0.1) is 0 Å². The lowest BCUT2D eigenvalue weighted by molar-refractivity contribution is 0.281. The smallest absolute Gasteiger partial charge is 0.403 e. The van der Waals surface area contributed by atoms with Crippen molar-refractivity contribution in [3.8, 4) is 5.75 Å². The molecule has 0 amide bonds. The van der Waals surface area contributed by atoms with Crippen LogP contribution < -0.4 is 25.4 Å². The quantitative estimate of drug-likeness (QED) is 0.815. The van der Waals surface area contributed by atoms with E-state index in [4.69, 9.17) is 4.52 Å². The summed E-state index contributed by atoms with van der Waals surface area (Å²) < 4.78 is 16.3. The third kappa shape index (κ3) is 3.65. The molecule has 0 saturated heterocycles. The van der Waals surface area contributed by atoms with E-state index in [0.29, 0.717) is 6.42 Å². The lowest BCUT2D eigenvalue weighted by atomic mass is 10.0. The van der Waals surface area contributed by atoms with Crippen LogP contribution in [0.3, 0.4) is 0 Å². The third-order valence-corrected chi connectivity index (χ3v) is 3.85. The SMILES string of the molecule is CC=c1c(CC)c(OP(=O)(O)O)c(=CC)c(=CC)c1=CC. The van der Waals surface area contributed by atoms with Crippen molar-refractivity contribution in [2.24, 2.45) is 0 Å². The first kappa shape index (κ1) is 17.7. The molecular weight excluding hydrogens is 287 g/mol. The van der Waals surface area contributed by atoms with E-state index in [9.17, 15) is 14.4 Å². The van der Waals surface area contributed by atoms with Gasteiger partial charge in [-0.05, 0) is 49.8 Å². The minimum atomic E-state index is -4.61. The minimum absolute atomic E-state index is 0.278. The van der Waals surface area contributed by atoms with Crippen LogP contribution in [0.15, 0.2) is 0 Å². The van der Waals surface area contributed by atoms with Gasteiger partial charge in [0.25, 0.3) is 0 Å². The average molecular weight is 310 g/mol. The maximum atomic E-state index is 11.3. The summed E-state index contributed by atoms with van der Waals surface area (Å²) in [6.45, 7) is 9.56. The Morgan fingerprint density at radius 2 is 1.33 bits per heavy atom. The molecule has 2 N–H and O–H groups in total. The van der Waals surface area contributed by atoms with Gasteiger partial charge in [-0.2, -0.15) is 0 Å². The summed E-state index contributed by atoms with van der Waals surface area (Å²) in [5.41, 5.74) is 0.813. The van der Waals surface area contributed by atoms with E-state index in [2.05, 4.69) is 0 Å². The lowest BCUT2D eigenvalue weighted by Crippen LogP contribution is -2.50. The highest BCUT2D eigenvalue weighted by atomic mass is 31.2. The molecule has 1 aromatic rings. The standard InChI is InChI=1S/C16H23O4P/c1-6-11-12(7-2)14(9-4)16(20-21(17,18)19)15(10-5)13(11)8-3/h6-9H,10H2,1-5H3,(H2,17,18,19). The molecule has 0 atom stereocenters. The molecule has 0 unspecified atom stereocenters. The van der Waals surface area contributed by atoms with Crippen molar-refractivity contribution in [1.29, 1.82) is 0 Å². The molecule has 0 aliphatic carbocycles. The summed E-state index contributed by atoms with van der Waals surface area (Å²) in [5, 5.41) is 3.66. The van der Waals surface area contributed by atoms with Crippen molar-refractivity contribution in [3.63, 3.8) is 0 Å². The Morgan fingerprint density at radius 1 is 0.905 bits per heavy atom. The van der Waals surface area contributed by atoms with Gasteiger partial charge >= 0.3 is 7.82 Å². The van der Waals surface area contributed by atoms with Crippen molar-refractivity contribution in [3.05, 3.63) is 26.4 Å². The molecule has 0 heterocycles. The van der Waals surface area contributed by atoms with Gasteiger partial charge in [0.2, 0.25) is 0 Å². The number of rotatable bonds is 3. The molecule has 0 radical (unpaired) electrons. The third-order valence-electron chi connectivity index (χ3n) is 3.43. The fourth-order valence-electron chi connectivity index (χ4n) is 2.67. The predicted octanol–water partition coefficient (Wildman–Crippen LogP) is 0.922. The van der Waals surface area contributed by atoms with Crippen molar-refractivity contribution in [1.82, 2.24) is 0 Å². The summed E-state index contributed by atoms with van der Waals surface area (Å²) in [6, 6.07) is 0. The fraction of sp³-hybridized carbons (Fsp3) is 0.375. The molecule has 0 spiro atoms. The van der Waals surface area contributed by atoms with E-state index in [1.807, 2.05) is 58.9 Å². The van der Waals surface area contributed by atoms with Gasteiger partial charge in [-0.25, -0.2) is 4.57 Å². The van der Waals surface area contributed by atoms with E-state index in [-0.39, 0.29) is 5.75 Å². The number of hydrogen-bond donors (Lipinski definition) is 2. The van der Waals surface area contributed by atoms with Crippen molar-refractivity contribution in [2.45, 2.75) is 41.0 Å². The maximum absolute atomic E-state index is 11.3. The zero-order chi connectivity index (χ0) is 16.2. The molecule has 4 nitrogen and oxygen atoms in total. The van der Waals surface area contributed by atoms with Crippen LogP contribution in [0.25, 0.3) is 24.3 Å². The van der Waals surface area contributed by atoms with Gasteiger partial charge in [-0.3, -0.25) is 9.79 Å². The second kappa shape index (κ2) is 7.08. The van der Waals surface area contributed by atoms with Gasteiger partial charge in [0.05, 0.1) is 0 Å². The Morgan fingerprint density at radius 3 is 1.67 bits per heavy atom. The van der Waals surface area contributed by atoms with Crippen LogP contribution in [-0.4, -0.2) is 9.79 Å². The van der Waals surface area contributed by atoms with Crippen molar-refractivity contribution < 1.29 is 18.9 Å². The largest absolute Gasteiger partial charge is 0.524 e. The summed E-state index contributed by atoms with van der Waals surface area (Å²) in [6.07, 6.45) is 8.35. The van der Waals surface area contributed by atoms with Crippen molar-refractivity contribution >= 4 is 32.1 Å². The van der Waals surface area contributed by atoms with E-state index in [1.54, 1.807) is 0 Å². The first-order valence-corrected chi connectivity index (χ1v) is 8.52. The summed E-state index contributed by atoms with van der Waals surface area (Å²) in [7, 11) is -4.61. The van der Waals surface area contributed by atoms with Gasteiger partial charge in [-0.1, -0.05) is 31.2 Å². The molecule has 0 aliphatic rings. The molecule has 0 saturated carbocycles. The Balaban J connectivity index is 4.21. The van der Waals surface area contributed by atoms with Crippen LogP contribution in [0.2, 0.25) is 0 Å². The number of benzene rings is 1. The average Bonchev–Trinajstić information content (AvgIpc) is 2.43. The Labute approximate surface area is 125 Å². The zero-order valence-electron chi connectivity index (χ0n) is 13.2. The van der Waals surface area contributed by atoms with E-state index in [0.717, 1.165) is 26.4 Å². The first-order chi connectivity index (χ1) is 9.84. The van der Waals surface area contributed by atoms with Crippen LogP contribution in [0.4, 0.5) is 0 Å². The van der Waals surface area contributed by atoms with Crippen LogP contribution >= 0.6 is 7.82 Å². The Hall–Kier alpha value is -1.35. The van der Waals surface area contributed by atoms with Crippen molar-refractivity contribution in [2.75, 3.05) is 0 Å². The molecule has 0 bridgehead atoms. The molecule has 21 heavy (non-hydrogen) atoms. The van der Waals surface area contributed by atoms with Crippen LogP contribution in [0, 0.1) is 0 Å². The topological polar surface area (TPSA) is 66.8 Å². The molecule has 1 aromatic carbocycles. The van der Waals surface area contributed by atoms with Crippen LogP contribution in [0.1, 0.15) is 40.2 Å². The highest BCUT2D eigenvalue weighted by molar-refractivity contribution is 7.46. The second-order valence-electron chi connectivity index (χ2n) is 4.55. The monoisotopic (exact) mass is 310 g/mol. The molecule has 5 heteroatoms. The van der Waals surface area contributed by atoms with Crippen LogP contribution in [0.5, 0.6) is 5.75 Å². The number of phosphoric acid groups is 1. The second-order valence-corrected chi connectivity index (χ2v) is 5.72. The van der Waals surface area contributed by atoms with Gasteiger partial charge in [0, 0.05) is 10.8 Å². The maximum Gasteiger partial charge on any atom is 0.524 e. The molecule has 0 aliphatic heterocycles. The zero-order valence-corrected chi connectivity index (χ0v) is 14.1. The molecule has 1 rings (SSSR count). The van der Waals surface area contributed by atoms with Crippen LogP contribution in [-0.2, 0) is 11.0 Å². The lowest BCUT2D eigenvalue weighted by Gasteiger charge is -2.14. The van der Waals surface area contributed by atoms with Gasteiger partial charge < -0.3 is 4.52 Å². The fourth-order valence-corrected chi connectivity index (χ4v) is 3.12. The molecule has 0 fully saturated rings. The Bertz CT molecular complexity index is 800. The number of phosphoric ester groups is 1. The van der Waals surface area contributed by atoms with Gasteiger partial charge in [0.1, 0.15) is 5.75 Å². The van der Waals surface area contributed by atoms with E-state index >= 15 is 0 Å². The normalized spacial score (nSPS) is 16.0. The van der Waals surface area contributed by atoms with Gasteiger partial charge in [0.15, 0.2) is 0 Å². The van der Waals surface area contributed by atoms with E-state index in [1.165, 1.54) is 0 Å². The molecule has 116 valence electrons. The summed E-state index contributed by atoms with van der Waals surface area (Å²) in [4.78, 5) is 18.4.